The predicted octanol–water partition coefficient (Wildman–Crippen LogP) is 2.17. The predicted molar refractivity (Wildman–Crippen MR) is 54.0 cm³/mol. The van der Waals surface area contributed by atoms with Crippen LogP contribution in [0, 0.1) is 11.8 Å². The molecule has 0 aromatic carbocycles. The SMILES string of the molecule is OCC#Cc1ccc(COCC(F)(F)F)s1. The highest BCUT2D eigenvalue weighted by molar-refractivity contribution is 7.12. The average Bonchev–Trinajstić information content (AvgIpc) is 2.61. The Kier molecular flexibility index (Phi) is 4.80. The fourth-order valence-corrected chi connectivity index (χ4v) is 1.74. The molecule has 0 radical (unpaired) electrons. The lowest BCUT2D eigenvalue weighted by molar-refractivity contribution is -0.176. The van der Waals surface area contributed by atoms with Gasteiger partial charge in [-0.25, -0.2) is 0 Å². The number of thiophene rings is 1. The standard InChI is InChI=1S/C10H9F3O2S/c11-10(12,13)7-15-6-9-4-3-8(16-9)2-1-5-14/h3-4,14H,5-7H2. The minimum atomic E-state index is -4.29. The minimum Gasteiger partial charge on any atom is -0.384 e. The van der Waals surface area contributed by atoms with Crippen LogP contribution in [0.25, 0.3) is 0 Å². The molecule has 0 atom stereocenters. The van der Waals surface area contributed by atoms with Crippen molar-refractivity contribution in [1.29, 1.82) is 0 Å². The summed E-state index contributed by atoms with van der Waals surface area (Å²) in [5, 5.41) is 8.45. The molecule has 1 heterocycles. The lowest BCUT2D eigenvalue weighted by atomic mass is 10.4. The molecule has 6 heteroatoms. The van der Waals surface area contributed by atoms with Crippen molar-refractivity contribution in [2.75, 3.05) is 13.2 Å². The molecule has 1 rings (SSSR count). The second-order valence-electron chi connectivity index (χ2n) is 2.83. The molecular formula is C10H9F3O2S. The monoisotopic (exact) mass is 250 g/mol. The van der Waals surface area contributed by atoms with E-state index in [1.807, 2.05) is 0 Å². The van der Waals surface area contributed by atoms with E-state index in [4.69, 9.17) is 5.11 Å². The lowest BCUT2D eigenvalue weighted by Gasteiger charge is -2.05. The molecule has 0 saturated heterocycles. The van der Waals surface area contributed by atoms with E-state index in [2.05, 4.69) is 16.6 Å². The zero-order valence-electron chi connectivity index (χ0n) is 8.17. The average molecular weight is 250 g/mol. The Morgan fingerprint density at radius 3 is 2.75 bits per heavy atom. The fourth-order valence-electron chi connectivity index (χ4n) is 0.917. The third-order valence-corrected chi connectivity index (χ3v) is 2.44. The molecule has 0 spiro atoms. The normalized spacial score (nSPS) is 11.0. The van der Waals surface area contributed by atoms with Gasteiger partial charge in [-0.05, 0) is 12.1 Å². The smallest absolute Gasteiger partial charge is 0.384 e. The highest BCUT2D eigenvalue weighted by Crippen LogP contribution is 2.19. The molecule has 1 N–H and O–H groups in total. The van der Waals surface area contributed by atoms with Crippen molar-refractivity contribution in [2.45, 2.75) is 12.8 Å². The summed E-state index contributed by atoms with van der Waals surface area (Å²) in [6, 6.07) is 3.34. The van der Waals surface area contributed by atoms with Crippen molar-refractivity contribution < 1.29 is 23.0 Å². The van der Waals surface area contributed by atoms with Gasteiger partial charge in [0.25, 0.3) is 0 Å². The molecular weight excluding hydrogens is 241 g/mol. The summed E-state index contributed by atoms with van der Waals surface area (Å²) in [6.07, 6.45) is -4.29. The van der Waals surface area contributed by atoms with Gasteiger partial charge in [0.1, 0.15) is 13.2 Å². The van der Waals surface area contributed by atoms with Crippen LogP contribution in [0.15, 0.2) is 12.1 Å². The summed E-state index contributed by atoms with van der Waals surface area (Å²) in [4.78, 5) is 1.37. The first kappa shape index (κ1) is 13.0. The maximum absolute atomic E-state index is 11.8. The second kappa shape index (κ2) is 5.89. The van der Waals surface area contributed by atoms with Gasteiger partial charge in [0.2, 0.25) is 0 Å². The largest absolute Gasteiger partial charge is 0.411 e. The third-order valence-electron chi connectivity index (χ3n) is 1.46. The topological polar surface area (TPSA) is 29.5 Å². The molecule has 16 heavy (non-hydrogen) atoms. The van der Waals surface area contributed by atoms with Crippen LogP contribution in [0.1, 0.15) is 9.75 Å². The molecule has 0 unspecified atom stereocenters. The van der Waals surface area contributed by atoms with E-state index in [-0.39, 0.29) is 13.2 Å². The van der Waals surface area contributed by atoms with E-state index in [0.29, 0.717) is 9.75 Å². The van der Waals surface area contributed by atoms with Gasteiger partial charge in [-0.2, -0.15) is 13.2 Å². The number of halogens is 3. The first-order valence-corrected chi connectivity index (χ1v) is 5.16. The maximum Gasteiger partial charge on any atom is 0.411 e. The van der Waals surface area contributed by atoms with Crippen molar-refractivity contribution in [2.24, 2.45) is 0 Å². The summed E-state index contributed by atoms with van der Waals surface area (Å²) in [5.41, 5.74) is 0. The van der Waals surface area contributed by atoms with Crippen LogP contribution in [-0.2, 0) is 11.3 Å². The number of ether oxygens (including phenoxy) is 1. The molecule has 0 bridgehead atoms. The summed E-state index contributed by atoms with van der Waals surface area (Å²) in [5.74, 6) is 5.12. The van der Waals surface area contributed by atoms with Crippen molar-refractivity contribution in [3.8, 4) is 11.8 Å². The van der Waals surface area contributed by atoms with Gasteiger partial charge in [0.05, 0.1) is 11.5 Å². The van der Waals surface area contributed by atoms with Gasteiger partial charge in [-0.3, -0.25) is 0 Å². The fraction of sp³-hybridized carbons (Fsp3) is 0.400. The summed E-state index contributed by atoms with van der Waals surface area (Å²) >= 11 is 1.25. The van der Waals surface area contributed by atoms with Gasteiger partial charge in [0, 0.05) is 4.88 Å². The number of hydrogen-bond donors (Lipinski definition) is 1. The molecule has 2 nitrogen and oxygen atoms in total. The van der Waals surface area contributed by atoms with Crippen LogP contribution in [0.4, 0.5) is 13.2 Å². The zero-order valence-corrected chi connectivity index (χ0v) is 8.99. The van der Waals surface area contributed by atoms with Gasteiger partial charge in [-0.15, -0.1) is 11.3 Å². The Bertz CT molecular complexity index is 387. The number of aliphatic hydroxyl groups excluding tert-OH is 1. The quantitative estimate of drug-likeness (QED) is 0.833. The van der Waals surface area contributed by atoms with Gasteiger partial charge in [-0.1, -0.05) is 11.8 Å². The maximum atomic E-state index is 11.8. The number of aliphatic hydroxyl groups is 1. The van der Waals surface area contributed by atoms with Crippen LogP contribution in [0.3, 0.4) is 0 Å². The Hall–Kier alpha value is -1.03. The molecule has 0 fully saturated rings. The molecule has 0 aliphatic rings. The number of hydrogen-bond acceptors (Lipinski definition) is 3. The van der Waals surface area contributed by atoms with E-state index >= 15 is 0 Å². The number of rotatable bonds is 3. The van der Waals surface area contributed by atoms with E-state index < -0.39 is 12.8 Å². The molecule has 1 aromatic heterocycles. The highest BCUT2D eigenvalue weighted by Gasteiger charge is 2.27. The van der Waals surface area contributed by atoms with E-state index in [9.17, 15) is 13.2 Å². The zero-order chi connectivity index (χ0) is 12.0. The molecule has 0 aliphatic heterocycles. The van der Waals surface area contributed by atoms with Crippen LogP contribution >= 0.6 is 11.3 Å². The highest BCUT2D eigenvalue weighted by atomic mass is 32.1. The van der Waals surface area contributed by atoms with E-state index in [0.717, 1.165) is 0 Å². The van der Waals surface area contributed by atoms with Gasteiger partial charge in [0.15, 0.2) is 0 Å². The Balaban J connectivity index is 2.41. The van der Waals surface area contributed by atoms with Crippen molar-refractivity contribution >= 4 is 11.3 Å². The molecule has 0 amide bonds. The summed E-state index contributed by atoms with van der Waals surface area (Å²) < 4.78 is 39.8. The Labute approximate surface area is 94.7 Å². The minimum absolute atomic E-state index is 0.0784. The van der Waals surface area contributed by atoms with Crippen LogP contribution in [0.5, 0.6) is 0 Å². The first-order valence-electron chi connectivity index (χ1n) is 4.34. The number of alkyl halides is 3. The lowest BCUT2D eigenvalue weighted by Crippen LogP contribution is -2.16. The van der Waals surface area contributed by atoms with Crippen LogP contribution < -0.4 is 0 Å². The van der Waals surface area contributed by atoms with Crippen molar-refractivity contribution in [3.05, 3.63) is 21.9 Å². The van der Waals surface area contributed by atoms with Gasteiger partial charge < -0.3 is 9.84 Å². The third kappa shape index (κ3) is 5.16. The molecule has 1 aromatic rings. The summed E-state index contributed by atoms with van der Waals surface area (Å²) in [6.45, 7) is -1.56. The first-order chi connectivity index (χ1) is 7.51. The summed E-state index contributed by atoms with van der Waals surface area (Å²) in [7, 11) is 0. The van der Waals surface area contributed by atoms with Crippen LogP contribution in [-0.4, -0.2) is 24.5 Å². The van der Waals surface area contributed by atoms with E-state index in [1.165, 1.54) is 11.3 Å². The molecule has 0 saturated carbocycles. The van der Waals surface area contributed by atoms with Gasteiger partial charge >= 0.3 is 6.18 Å². The molecule has 88 valence electrons. The van der Waals surface area contributed by atoms with E-state index in [1.54, 1.807) is 12.1 Å². The van der Waals surface area contributed by atoms with Crippen molar-refractivity contribution in [3.63, 3.8) is 0 Å². The van der Waals surface area contributed by atoms with Crippen LogP contribution in [0.2, 0.25) is 0 Å². The molecule has 0 aliphatic carbocycles. The van der Waals surface area contributed by atoms with Crippen molar-refractivity contribution in [1.82, 2.24) is 0 Å². The Morgan fingerprint density at radius 2 is 2.12 bits per heavy atom. The Morgan fingerprint density at radius 1 is 1.38 bits per heavy atom. The second-order valence-corrected chi connectivity index (χ2v) is 4.00.